The molecule has 0 heterocycles. The molecule has 0 amide bonds. The van der Waals surface area contributed by atoms with Gasteiger partial charge in [-0.1, -0.05) is 141 Å². The molecule has 4 heteroatoms. The predicted molar refractivity (Wildman–Crippen MR) is 221 cm³/mol. The van der Waals surface area contributed by atoms with Gasteiger partial charge in [-0.25, -0.2) is 0 Å². The van der Waals surface area contributed by atoms with Gasteiger partial charge >= 0.3 is 11.9 Å². The summed E-state index contributed by atoms with van der Waals surface area (Å²) in [7, 11) is 0. The van der Waals surface area contributed by atoms with Gasteiger partial charge in [0.15, 0.2) is 0 Å². The summed E-state index contributed by atoms with van der Waals surface area (Å²) in [4.78, 5) is 21.8. The van der Waals surface area contributed by atoms with Crippen LogP contribution in [0.1, 0.15) is 182 Å². The van der Waals surface area contributed by atoms with E-state index in [2.05, 4.69) is 67.6 Å². The lowest BCUT2D eigenvalue weighted by Crippen LogP contribution is -2.15. The maximum atomic E-state index is 11.0. The van der Waals surface area contributed by atoms with Crippen molar-refractivity contribution in [2.24, 2.45) is 5.92 Å². The zero-order valence-electron chi connectivity index (χ0n) is 33.9. The van der Waals surface area contributed by atoms with Gasteiger partial charge in [-0.3, -0.25) is 9.59 Å². The molecule has 0 aromatic heterocycles. The second kappa shape index (κ2) is 25.6. The number of carbonyl (C=O) groups is 2. The predicted octanol–water partition coefficient (Wildman–Crippen LogP) is 13.1. The minimum Gasteiger partial charge on any atom is -0.481 e. The van der Waals surface area contributed by atoms with Gasteiger partial charge in [-0.15, -0.1) is 0 Å². The second-order valence-corrected chi connectivity index (χ2v) is 14.1. The molecule has 4 nitrogen and oxygen atoms in total. The number of aryl methyl sites for hydroxylation is 5. The van der Waals surface area contributed by atoms with E-state index in [9.17, 15) is 9.59 Å². The number of hydrogen-bond acceptors (Lipinski definition) is 2. The Labute approximate surface area is 317 Å². The molecule has 0 bridgehead atoms. The fourth-order valence-electron chi connectivity index (χ4n) is 8.37. The third kappa shape index (κ3) is 14.6. The van der Waals surface area contributed by atoms with Gasteiger partial charge in [-0.2, -0.15) is 0 Å². The van der Waals surface area contributed by atoms with E-state index >= 15 is 0 Å². The van der Waals surface area contributed by atoms with Gasteiger partial charge in [0.2, 0.25) is 0 Å². The zero-order valence-corrected chi connectivity index (χ0v) is 33.9. The van der Waals surface area contributed by atoms with Crippen molar-refractivity contribution >= 4 is 11.9 Å². The largest absolute Gasteiger partial charge is 0.481 e. The van der Waals surface area contributed by atoms with E-state index in [1.165, 1.54) is 91.2 Å². The van der Waals surface area contributed by atoms with E-state index in [1.54, 1.807) is 11.1 Å². The third-order valence-electron chi connectivity index (χ3n) is 10.8. The Hall–Kier alpha value is -3.40. The molecule has 2 N–H and O–H groups in total. The Morgan fingerprint density at radius 3 is 1.44 bits per heavy atom. The van der Waals surface area contributed by atoms with Gasteiger partial charge in [0.1, 0.15) is 0 Å². The number of rotatable bonds is 7. The van der Waals surface area contributed by atoms with Gasteiger partial charge in [-0.05, 0) is 133 Å². The minimum absolute atomic E-state index is 0.229. The normalized spacial score (nSPS) is 18.1. The first-order chi connectivity index (χ1) is 25.4. The van der Waals surface area contributed by atoms with E-state index < -0.39 is 11.9 Å². The maximum absolute atomic E-state index is 11.0. The van der Waals surface area contributed by atoms with Crippen LogP contribution in [-0.4, -0.2) is 22.2 Å². The fourth-order valence-corrected chi connectivity index (χ4v) is 8.37. The average Bonchev–Trinajstić information content (AvgIpc) is 3.67. The Morgan fingerprint density at radius 1 is 0.538 bits per heavy atom. The molecular formula is C48H72O4. The molecule has 52 heavy (non-hydrogen) atoms. The molecule has 0 spiro atoms. The standard InChI is InChI=1S/C19H26O2.C14H18O2.C9H10.3C2H6/c20-19(21)13-17-8-4-7-16-12-15(9-10-18(16)17)11-14-5-2-1-3-6-14;1-2-10-6-7-13-11(8-10)4-3-5-12(13)9-14(15)16;1-2-5-9-7-3-6-8(9)4-1;3*1-2/h9-10,12,14,17H,1-8,11,13H2,(H,20,21);6-8,12H,2-5,9H2,1H3,(H,15,16);1-2,4-5H,3,6-7H2;3*1-2H3. The van der Waals surface area contributed by atoms with Crippen LogP contribution in [0, 0.1) is 5.92 Å². The number of benzene rings is 3. The van der Waals surface area contributed by atoms with E-state index in [-0.39, 0.29) is 24.7 Å². The molecule has 0 aliphatic heterocycles. The first kappa shape index (κ1) is 44.8. The lowest BCUT2D eigenvalue weighted by Gasteiger charge is -2.26. The third-order valence-corrected chi connectivity index (χ3v) is 10.8. The van der Waals surface area contributed by atoms with Crippen LogP contribution in [0.3, 0.4) is 0 Å². The van der Waals surface area contributed by atoms with Crippen LogP contribution in [0.5, 0.6) is 0 Å². The summed E-state index contributed by atoms with van der Waals surface area (Å²) < 4.78 is 0. The highest BCUT2D eigenvalue weighted by atomic mass is 16.4. The molecule has 4 aliphatic rings. The van der Waals surface area contributed by atoms with Crippen molar-refractivity contribution in [1.29, 1.82) is 0 Å². The molecule has 2 atom stereocenters. The fraction of sp³-hybridized carbons (Fsp3) is 0.583. The minimum atomic E-state index is -0.683. The summed E-state index contributed by atoms with van der Waals surface area (Å²) in [6, 6.07) is 22.1. The van der Waals surface area contributed by atoms with Crippen molar-refractivity contribution < 1.29 is 19.8 Å². The molecule has 1 saturated carbocycles. The quantitative estimate of drug-likeness (QED) is 0.256. The highest BCUT2D eigenvalue weighted by molar-refractivity contribution is 5.68. The lowest BCUT2D eigenvalue weighted by atomic mass is 9.79. The van der Waals surface area contributed by atoms with Crippen LogP contribution in [0.15, 0.2) is 60.7 Å². The molecule has 2 unspecified atom stereocenters. The zero-order chi connectivity index (χ0) is 38.3. The molecule has 3 aromatic rings. The first-order valence-electron chi connectivity index (χ1n) is 21.1. The average molecular weight is 713 g/mol. The van der Waals surface area contributed by atoms with Gasteiger partial charge < -0.3 is 10.2 Å². The highest BCUT2D eigenvalue weighted by Gasteiger charge is 2.24. The van der Waals surface area contributed by atoms with Crippen molar-refractivity contribution in [3.8, 4) is 0 Å². The number of carboxylic acid groups (broad SMARTS) is 2. The molecule has 7 rings (SSSR count). The van der Waals surface area contributed by atoms with Crippen molar-refractivity contribution in [1.82, 2.24) is 0 Å². The van der Waals surface area contributed by atoms with Crippen LogP contribution in [0.2, 0.25) is 0 Å². The molecule has 0 radical (unpaired) electrons. The number of carboxylic acids is 2. The van der Waals surface area contributed by atoms with E-state index in [0.29, 0.717) is 0 Å². The Kier molecular flexibility index (Phi) is 22.0. The molecule has 288 valence electrons. The molecule has 3 aromatic carbocycles. The van der Waals surface area contributed by atoms with E-state index in [1.807, 2.05) is 41.5 Å². The Bertz CT molecular complexity index is 1430. The van der Waals surface area contributed by atoms with E-state index in [0.717, 1.165) is 50.9 Å². The number of hydrogen-bond donors (Lipinski definition) is 2. The number of fused-ring (bicyclic) bond motifs is 3. The van der Waals surface area contributed by atoms with Gasteiger partial charge in [0, 0.05) is 0 Å². The lowest BCUT2D eigenvalue weighted by molar-refractivity contribution is -0.138. The van der Waals surface area contributed by atoms with Crippen LogP contribution < -0.4 is 0 Å². The van der Waals surface area contributed by atoms with Crippen LogP contribution in [-0.2, 0) is 48.1 Å². The summed E-state index contributed by atoms with van der Waals surface area (Å²) in [6.45, 7) is 14.2. The van der Waals surface area contributed by atoms with Crippen molar-refractivity contribution in [2.45, 2.75) is 176 Å². The summed E-state index contributed by atoms with van der Waals surface area (Å²) >= 11 is 0. The van der Waals surface area contributed by atoms with Crippen molar-refractivity contribution in [2.75, 3.05) is 0 Å². The molecule has 0 saturated heterocycles. The van der Waals surface area contributed by atoms with Crippen LogP contribution >= 0.6 is 0 Å². The highest BCUT2D eigenvalue weighted by Crippen LogP contribution is 2.36. The number of aliphatic carboxylic acids is 2. The van der Waals surface area contributed by atoms with Crippen molar-refractivity contribution in [3.63, 3.8) is 0 Å². The van der Waals surface area contributed by atoms with Crippen LogP contribution in [0.25, 0.3) is 0 Å². The SMILES string of the molecule is CC.CC.CC.CCc1ccc2c(c1)CCCC2CC(=O)O.O=C(O)CC1CCCc2cc(CC3CCCCC3)ccc21.c1ccc2c(c1)CCC2. The smallest absolute Gasteiger partial charge is 0.303 e. The Balaban J connectivity index is 0.000000266. The summed E-state index contributed by atoms with van der Waals surface area (Å²) in [5.74, 6) is -0.0195. The van der Waals surface area contributed by atoms with E-state index in [4.69, 9.17) is 10.2 Å². The molecule has 4 aliphatic carbocycles. The summed E-state index contributed by atoms with van der Waals surface area (Å²) in [6.07, 6.45) is 20.3. The first-order valence-corrected chi connectivity index (χ1v) is 21.1. The second-order valence-electron chi connectivity index (χ2n) is 14.1. The van der Waals surface area contributed by atoms with Crippen LogP contribution in [0.4, 0.5) is 0 Å². The van der Waals surface area contributed by atoms with Crippen molar-refractivity contribution in [3.05, 3.63) is 105 Å². The summed E-state index contributed by atoms with van der Waals surface area (Å²) in [5.41, 5.74) is 11.3. The van der Waals surface area contributed by atoms with Gasteiger partial charge in [0.05, 0.1) is 12.8 Å². The monoisotopic (exact) mass is 713 g/mol. The maximum Gasteiger partial charge on any atom is 0.303 e. The topological polar surface area (TPSA) is 74.6 Å². The summed E-state index contributed by atoms with van der Waals surface area (Å²) in [5, 5.41) is 18.0. The van der Waals surface area contributed by atoms with Gasteiger partial charge in [0.25, 0.3) is 0 Å². The Morgan fingerprint density at radius 2 is 0.981 bits per heavy atom. The molecular weight excluding hydrogens is 641 g/mol. The molecule has 1 fully saturated rings.